The molecule has 4 heterocycles. The Hall–Kier alpha value is -3.33. The molecule has 168 valence electrons. The lowest BCUT2D eigenvalue weighted by Crippen LogP contribution is -2.43. The highest BCUT2D eigenvalue weighted by Gasteiger charge is 2.35. The lowest BCUT2D eigenvalue weighted by atomic mass is 10.1. The molecule has 1 aliphatic heterocycles. The van der Waals surface area contributed by atoms with Gasteiger partial charge in [0.2, 0.25) is 17.6 Å². The fourth-order valence-electron chi connectivity index (χ4n) is 4.54. The highest BCUT2D eigenvalue weighted by atomic mass is 32.1. The van der Waals surface area contributed by atoms with Crippen LogP contribution in [0.1, 0.15) is 48.6 Å². The number of nitrogens with one attached hydrogen (secondary N) is 1. The van der Waals surface area contributed by atoms with Gasteiger partial charge in [0.15, 0.2) is 10.8 Å². The van der Waals surface area contributed by atoms with Crippen LogP contribution in [0.25, 0.3) is 21.7 Å². The maximum atomic E-state index is 13.0. The summed E-state index contributed by atoms with van der Waals surface area (Å²) in [5.74, 6) is 1.64. The molecule has 1 aliphatic carbocycles. The molecule has 33 heavy (non-hydrogen) atoms. The molecule has 2 aliphatic rings. The number of hydrogen-bond acceptors (Lipinski definition) is 8. The second-order valence-electron chi connectivity index (χ2n) is 8.70. The van der Waals surface area contributed by atoms with Crippen molar-refractivity contribution < 1.29 is 9.32 Å². The van der Waals surface area contributed by atoms with Gasteiger partial charge in [-0.15, -0.1) is 0 Å². The van der Waals surface area contributed by atoms with Crippen LogP contribution in [0.3, 0.4) is 0 Å². The van der Waals surface area contributed by atoms with Crippen LogP contribution >= 0.6 is 11.3 Å². The smallest absolute Gasteiger partial charge is 0.243 e. The van der Waals surface area contributed by atoms with E-state index in [1.807, 2.05) is 36.5 Å². The van der Waals surface area contributed by atoms with Gasteiger partial charge in [0, 0.05) is 31.8 Å². The molecule has 0 unspecified atom stereocenters. The Labute approximate surface area is 195 Å². The second kappa shape index (κ2) is 8.22. The predicted octanol–water partition coefficient (Wildman–Crippen LogP) is 4.21. The first-order valence-electron chi connectivity index (χ1n) is 11.4. The molecule has 1 saturated carbocycles. The number of rotatable bonds is 6. The van der Waals surface area contributed by atoms with Gasteiger partial charge < -0.3 is 14.7 Å². The van der Waals surface area contributed by atoms with Gasteiger partial charge in [-0.1, -0.05) is 46.8 Å². The Morgan fingerprint density at radius 3 is 2.82 bits per heavy atom. The van der Waals surface area contributed by atoms with E-state index in [-0.39, 0.29) is 11.9 Å². The van der Waals surface area contributed by atoms with E-state index in [1.54, 1.807) is 18.3 Å². The van der Waals surface area contributed by atoms with Crippen molar-refractivity contribution in [3.8, 4) is 11.4 Å². The van der Waals surface area contributed by atoms with Crippen molar-refractivity contribution in [2.75, 3.05) is 11.4 Å². The maximum absolute atomic E-state index is 13.0. The molecule has 1 amide bonds. The molecule has 4 aromatic rings. The molecule has 1 saturated heterocycles. The molecule has 1 atom stereocenters. The first-order chi connectivity index (χ1) is 16.2. The summed E-state index contributed by atoms with van der Waals surface area (Å²) < 4.78 is 6.29. The van der Waals surface area contributed by atoms with E-state index < -0.39 is 0 Å². The zero-order chi connectivity index (χ0) is 22.4. The largest absolute Gasteiger partial charge is 0.350 e. The first kappa shape index (κ1) is 20.3. The number of aromatic nitrogens is 4. The summed E-state index contributed by atoms with van der Waals surface area (Å²) in [5, 5.41) is 8.08. The van der Waals surface area contributed by atoms with E-state index >= 15 is 0 Å². The zero-order valence-electron chi connectivity index (χ0n) is 18.3. The minimum atomic E-state index is -0.210. The predicted molar refractivity (Wildman–Crippen MR) is 126 cm³/mol. The van der Waals surface area contributed by atoms with Crippen LogP contribution in [0.5, 0.6) is 0 Å². The molecular weight excluding hydrogens is 436 g/mol. The molecule has 1 N–H and O–H groups in total. The van der Waals surface area contributed by atoms with Gasteiger partial charge in [-0.25, -0.2) is 4.98 Å². The molecule has 2 fully saturated rings. The minimum Gasteiger partial charge on any atom is -0.350 e. The number of carbonyl (C=O) groups excluding carboxylic acids is 1. The minimum absolute atomic E-state index is 0.0500. The molecule has 1 aromatic carbocycles. The van der Waals surface area contributed by atoms with Crippen molar-refractivity contribution in [2.24, 2.45) is 0 Å². The number of nitrogens with zero attached hydrogens (tertiary/aromatic N) is 5. The third-order valence-corrected chi connectivity index (χ3v) is 7.43. The van der Waals surface area contributed by atoms with E-state index in [9.17, 15) is 4.79 Å². The van der Waals surface area contributed by atoms with Gasteiger partial charge in [-0.05, 0) is 42.7 Å². The fraction of sp³-hybridized carbons (Fsp3) is 0.375. The summed E-state index contributed by atoms with van der Waals surface area (Å²) in [4.78, 5) is 29.1. The Kier molecular flexibility index (Phi) is 5.05. The van der Waals surface area contributed by atoms with E-state index in [0.29, 0.717) is 24.2 Å². The van der Waals surface area contributed by atoms with Crippen LogP contribution < -0.4 is 10.2 Å². The van der Waals surface area contributed by atoms with Crippen molar-refractivity contribution in [3.05, 3.63) is 53.5 Å². The van der Waals surface area contributed by atoms with Crippen molar-refractivity contribution in [1.82, 2.24) is 25.4 Å². The fourth-order valence-corrected chi connectivity index (χ4v) is 5.77. The first-order valence-corrected chi connectivity index (χ1v) is 12.2. The van der Waals surface area contributed by atoms with Gasteiger partial charge in [-0.3, -0.25) is 4.79 Å². The normalized spacial score (nSPS) is 18.2. The number of anilines is 1. The summed E-state index contributed by atoms with van der Waals surface area (Å²) in [6.07, 6.45) is 5.90. The molecule has 3 aromatic heterocycles. The van der Waals surface area contributed by atoms with Crippen LogP contribution in [0.15, 0.2) is 41.1 Å². The number of hydrogen-bond donors (Lipinski definition) is 1. The van der Waals surface area contributed by atoms with Crippen LogP contribution in [0, 0.1) is 6.92 Å². The highest BCUT2D eigenvalue weighted by Crippen LogP contribution is 2.49. The average Bonchev–Trinajstić information content (AvgIpc) is 3.21. The van der Waals surface area contributed by atoms with Crippen LogP contribution in [-0.2, 0) is 11.3 Å². The molecule has 6 rings (SSSR count). The summed E-state index contributed by atoms with van der Waals surface area (Å²) in [7, 11) is 0. The summed E-state index contributed by atoms with van der Waals surface area (Å²) in [6, 6.07) is 9.78. The number of pyridine rings is 1. The van der Waals surface area contributed by atoms with Gasteiger partial charge >= 0.3 is 0 Å². The number of benzene rings is 1. The molecule has 0 spiro atoms. The Bertz CT molecular complexity index is 1310. The van der Waals surface area contributed by atoms with Crippen molar-refractivity contribution in [3.63, 3.8) is 0 Å². The third kappa shape index (κ3) is 3.86. The van der Waals surface area contributed by atoms with Crippen LogP contribution in [-0.4, -0.2) is 38.6 Å². The standard InChI is InChI=1S/C24H24N6O2S/c1-14-27-21(29-32-14)17-13-25-22-20(19(17)16-9-10-16)33-24(28-22)30-11-5-8-18(30)23(31)26-12-15-6-3-2-4-7-15/h2-4,6-7,13,16,18H,5,8-12H2,1H3,(H,26,31)/t18-/m1/s1. The molecule has 9 heteroatoms. The van der Waals surface area contributed by atoms with E-state index in [4.69, 9.17) is 9.51 Å². The van der Waals surface area contributed by atoms with Gasteiger partial charge in [0.1, 0.15) is 6.04 Å². The number of amides is 1. The maximum Gasteiger partial charge on any atom is 0.243 e. The number of thiazole rings is 1. The van der Waals surface area contributed by atoms with Crippen molar-refractivity contribution in [2.45, 2.75) is 51.1 Å². The zero-order valence-corrected chi connectivity index (χ0v) is 19.1. The summed E-state index contributed by atoms with van der Waals surface area (Å²) in [6.45, 7) is 3.14. The lowest BCUT2D eigenvalue weighted by molar-refractivity contribution is -0.122. The number of fused-ring (bicyclic) bond motifs is 1. The summed E-state index contributed by atoms with van der Waals surface area (Å²) >= 11 is 1.63. The van der Waals surface area contributed by atoms with Crippen molar-refractivity contribution in [1.29, 1.82) is 0 Å². The summed E-state index contributed by atoms with van der Waals surface area (Å²) in [5.41, 5.74) is 3.97. The van der Waals surface area contributed by atoms with E-state index in [2.05, 4.69) is 25.3 Å². The Morgan fingerprint density at radius 1 is 1.21 bits per heavy atom. The number of aryl methyl sites for hydroxylation is 1. The molecule has 8 nitrogen and oxygen atoms in total. The van der Waals surface area contributed by atoms with Gasteiger partial charge in [0.05, 0.1) is 4.70 Å². The lowest BCUT2D eigenvalue weighted by Gasteiger charge is -2.23. The molecule has 0 bridgehead atoms. The topological polar surface area (TPSA) is 97.0 Å². The van der Waals surface area contributed by atoms with Crippen LogP contribution in [0.2, 0.25) is 0 Å². The Morgan fingerprint density at radius 2 is 2.06 bits per heavy atom. The van der Waals surface area contributed by atoms with E-state index in [1.165, 1.54) is 5.56 Å². The monoisotopic (exact) mass is 460 g/mol. The van der Waals surface area contributed by atoms with Crippen molar-refractivity contribution >= 4 is 32.7 Å². The third-order valence-electron chi connectivity index (χ3n) is 6.31. The number of carbonyl (C=O) groups is 1. The molecule has 0 radical (unpaired) electrons. The average molecular weight is 461 g/mol. The van der Waals surface area contributed by atoms with Gasteiger partial charge in [-0.2, -0.15) is 9.97 Å². The van der Waals surface area contributed by atoms with Crippen LogP contribution in [0.4, 0.5) is 5.13 Å². The van der Waals surface area contributed by atoms with E-state index in [0.717, 1.165) is 58.8 Å². The quantitative estimate of drug-likeness (QED) is 0.460. The van der Waals surface area contributed by atoms with Gasteiger partial charge in [0.25, 0.3) is 0 Å². The molecular formula is C24H24N6O2S. The second-order valence-corrected chi connectivity index (χ2v) is 9.68. The Balaban J connectivity index is 1.30. The highest BCUT2D eigenvalue weighted by molar-refractivity contribution is 7.22. The SMILES string of the molecule is Cc1nc(-c2cnc3nc(N4CCC[C@@H]4C(=O)NCc4ccccc4)sc3c2C2CC2)no1.